The Kier molecular flexibility index (Phi) is 1.91. The Morgan fingerprint density at radius 2 is 2.11 bits per heavy atom. The molecule has 0 spiro atoms. The summed E-state index contributed by atoms with van der Waals surface area (Å²) in [6.07, 6.45) is -3.82. The molecular formula is C4H6F3NS. The second-order valence-corrected chi connectivity index (χ2v) is 2.92. The molecule has 1 atom stereocenters. The van der Waals surface area contributed by atoms with Crippen LogP contribution < -0.4 is 4.72 Å². The van der Waals surface area contributed by atoms with Gasteiger partial charge in [-0.05, 0) is 6.42 Å². The van der Waals surface area contributed by atoms with Gasteiger partial charge in [0.25, 0.3) is 0 Å². The molecule has 0 radical (unpaired) electrons. The maximum atomic E-state index is 11.7. The summed E-state index contributed by atoms with van der Waals surface area (Å²) in [7, 11) is 0. The fourth-order valence-electron chi connectivity index (χ4n) is 0.639. The molecule has 1 unspecified atom stereocenters. The molecule has 1 heterocycles. The Labute approximate surface area is 55.1 Å². The lowest BCUT2D eigenvalue weighted by Gasteiger charge is -2.10. The average molecular weight is 157 g/mol. The van der Waals surface area contributed by atoms with Crippen LogP contribution in [-0.2, 0) is 0 Å². The van der Waals surface area contributed by atoms with Crippen molar-refractivity contribution in [1.82, 2.24) is 4.72 Å². The smallest absolute Gasteiger partial charge is 0.264 e. The van der Waals surface area contributed by atoms with E-state index in [4.69, 9.17) is 0 Å². The zero-order chi connectivity index (χ0) is 6.91. The summed E-state index contributed by atoms with van der Waals surface area (Å²) >= 11 is 0.774. The van der Waals surface area contributed by atoms with Crippen LogP contribution in [-0.4, -0.2) is 18.0 Å². The van der Waals surface area contributed by atoms with E-state index < -0.39 is 11.4 Å². The summed E-state index contributed by atoms with van der Waals surface area (Å²) in [6.45, 7) is 0.467. The fourth-order valence-corrected chi connectivity index (χ4v) is 1.45. The minimum atomic E-state index is -4.02. The second kappa shape index (κ2) is 2.38. The molecule has 0 aromatic carbocycles. The van der Waals surface area contributed by atoms with Gasteiger partial charge in [-0.3, -0.25) is 4.72 Å². The fraction of sp³-hybridized carbons (Fsp3) is 1.00. The Balaban J connectivity index is 2.42. The van der Waals surface area contributed by atoms with Crippen molar-refractivity contribution in [2.24, 2.45) is 0 Å². The highest BCUT2D eigenvalue weighted by Gasteiger charge is 2.41. The molecule has 1 aliphatic rings. The summed E-state index contributed by atoms with van der Waals surface area (Å²) in [6, 6.07) is 0. The third-order valence-corrected chi connectivity index (χ3v) is 2.26. The van der Waals surface area contributed by atoms with E-state index in [0.717, 1.165) is 11.9 Å². The molecule has 9 heavy (non-hydrogen) atoms. The van der Waals surface area contributed by atoms with Crippen molar-refractivity contribution < 1.29 is 13.2 Å². The van der Waals surface area contributed by atoms with Gasteiger partial charge in [-0.15, -0.1) is 0 Å². The zero-order valence-corrected chi connectivity index (χ0v) is 5.35. The highest BCUT2D eigenvalue weighted by molar-refractivity contribution is 7.98. The standard InChI is InChI=1S/C4H6F3NS/c5-4(6,7)3-1-2-8-9-3/h3,8H,1-2H2. The number of rotatable bonds is 0. The molecule has 1 nitrogen and oxygen atoms in total. The summed E-state index contributed by atoms with van der Waals surface area (Å²) in [5, 5.41) is -1.18. The van der Waals surface area contributed by atoms with Crippen LogP contribution in [0, 0.1) is 0 Å². The van der Waals surface area contributed by atoms with Gasteiger partial charge in [-0.25, -0.2) is 0 Å². The van der Waals surface area contributed by atoms with Crippen LogP contribution in [0.4, 0.5) is 13.2 Å². The minimum absolute atomic E-state index is 0.203. The lowest BCUT2D eigenvalue weighted by molar-refractivity contribution is -0.128. The molecule has 5 heteroatoms. The SMILES string of the molecule is FC(F)(F)C1CCNS1. The Hall–Kier alpha value is 0.100. The minimum Gasteiger partial charge on any atom is -0.264 e. The first-order valence-electron chi connectivity index (χ1n) is 2.56. The number of nitrogens with one attached hydrogen (secondary N) is 1. The van der Waals surface area contributed by atoms with Gasteiger partial charge in [0.1, 0.15) is 5.25 Å². The molecule has 0 aromatic rings. The van der Waals surface area contributed by atoms with E-state index in [9.17, 15) is 13.2 Å². The number of alkyl halides is 3. The Morgan fingerprint density at radius 3 is 2.33 bits per heavy atom. The first-order valence-corrected chi connectivity index (χ1v) is 3.44. The molecule has 0 aromatic heterocycles. The van der Waals surface area contributed by atoms with Crippen molar-refractivity contribution in [2.75, 3.05) is 6.54 Å². The van der Waals surface area contributed by atoms with Crippen molar-refractivity contribution in [3.05, 3.63) is 0 Å². The Bertz CT molecular complexity index is 96.5. The largest absolute Gasteiger partial charge is 0.401 e. The van der Waals surface area contributed by atoms with Crippen LogP contribution in [0.25, 0.3) is 0 Å². The van der Waals surface area contributed by atoms with E-state index >= 15 is 0 Å². The number of hydrogen-bond acceptors (Lipinski definition) is 2. The molecular weight excluding hydrogens is 151 g/mol. The molecule has 0 bridgehead atoms. The third kappa shape index (κ3) is 1.76. The van der Waals surface area contributed by atoms with Gasteiger partial charge in [-0.2, -0.15) is 13.2 Å². The van der Waals surface area contributed by atoms with E-state index in [2.05, 4.69) is 4.72 Å². The summed E-state index contributed by atoms with van der Waals surface area (Å²) in [5.74, 6) is 0. The molecule has 0 saturated carbocycles. The number of halogens is 3. The highest BCUT2D eigenvalue weighted by Crippen LogP contribution is 2.33. The van der Waals surface area contributed by atoms with E-state index in [-0.39, 0.29) is 6.42 Å². The maximum Gasteiger partial charge on any atom is 0.401 e. The first-order chi connectivity index (χ1) is 4.11. The summed E-state index contributed by atoms with van der Waals surface area (Å²) in [4.78, 5) is 0. The van der Waals surface area contributed by atoms with Crippen LogP contribution in [0.2, 0.25) is 0 Å². The predicted molar refractivity (Wildman–Crippen MR) is 30.1 cm³/mol. The quantitative estimate of drug-likeness (QED) is 0.535. The van der Waals surface area contributed by atoms with Crippen LogP contribution in [0.5, 0.6) is 0 Å². The highest BCUT2D eigenvalue weighted by atomic mass is 32.2. The summed E-state index contributed by atoms with van der Waals surface area (Å²) < 4.78 is 37.7. The van der Waals surface area contributed by atoms with E-state index in [1.54, 1.807) is 0 Å². The topological polar surface area (TPSA) is 12.0 Å². The first kappa shape index (κ1) is 7.21. The molecule has 1 rings (SSSR count). The van der Waals surface area contributed by atoms with E-state index in [1.807, 2.05) is 0 Å². The van der Waals surface area contributed by atoms with Crippen molar-refractivity contribution in [3.8, 4) is 0 Å². The van der Waals surface area contributed by atoms with Gasteiger partial charge in [0.15, 0.2) is 0 Å². The van der Waals surface area contributed by atoms with Crippen LogP contribution in [0.1, 0.15) is 6.42 Å². The van der Waals surface area contributed by atoms with Gasteiger partial charge in [0.2, 0.25) is 0 Å². The second-order valence-electron chi connectivity index (χ2n) is 1.83. The van der Waals surface area contributed by atoms with Crippen molar-refractivity contribution >= 4 is 11.9 Å². The van der Waals surface area contributed by atoms with Gasteiger partial charge < -0.3 is 0 Å². The maximum absolute atomic E-state index is 11.7. The van der Waals surface area contributed by atoms with Crippen LogP contribution >= 0.6 is 11.9 Å². The zero-order valence-electron chi connectivity index (χ0n) is 4.53. The molecule has 0 amide bonds. The van der Waals surface area contributed by atoms with Crippen LogP contribution in [0.3, 0.4) is 0 Å². The van der Waals surface area contributed by atoms with Crippen LogP contribution in [0.15, 0.2) is 0 Å². The normalized spacial score (nSPS) is 29.0. The van der Waals surface area contributed by atoms with Crippen molar-refractivity contribution in [1.29, 1.82) is 0 Å². The number of hydrogen-bond donors (Lipinski definition) is 1. The Morgan fingerprint density at radius 1 is 1.44 bits per heavy atom. The van der Waals surface area contributed by atoms with Crippen molar-refractivity contribution in [2.45, 2.75) is 17.8 Å². The average Bonchev–Trinajstić information content (AvgIpc) is 2.08. The van der Waals surface area contributed by atoms with Gasteiger partial charge in [-0.1, -0.05) is 11.9 Å². The molecule has 54 valence electrons. The molecule has 1 N–H and O–H groups in total. The molecule has 1 aliphatic heterocycles. The predicted octanol–water partition coefficient (Wildman–Crippen LogP) is 1.56. The van der Waals surface area contributed by atoms with Crippen molar-refractivity contribution in [3.63, 3.8) is 0 Å². The monoisotopic (exact) mass is 157 g/mol. The van der Waals surface area contributed by atoms with Gasteiger partial charge >= 0.3 is 6.18 Å². The summed E-state index contributed by atoms with van der Waals surface area (Å²) in [5.41, 5.74) is 0. The lowest BCUT2D eigenvalue weighted by atomic mass is 10.3. The third-order valence-electron chi connectivity index (χ3n) is 1.10. The molecule has 1 saturated heterocycles. The van der Waals surface area contributed by atoms with Gasteiger partial charge in [0.05, 0.1) is 0 Å². The lowest BCUT2D eigenvalue weighted by Crippen LogP contribution is -2.22. The van der Waals surface area contributed by atoms with Gasteiger partial charge in [0, 0.05) is 6.54 Å². The van der Waals surface area contributed by atoms with E-state index in [0.29, 0.717) is 6.54 Å². The molecule has 0 aliphatic carbocycles. The van der Waals surface area contributed by atoms with E-state index in [1.165, 1.54) is 0 Å². The molecule has 1 fully saturated rings.